The van der Waals surface area contributed by atoms with E-state index in [0.29, 0.717) is 11.1 Å². The van der Waals surface area contributed by atoms with Crippen LogP contribution in [0.2, 0.25) is 0 Å². The zero-order valence-corrected chi connectivity index (χ0v) is 16.9. The van der Waals surface area contributed by atoms with Crippen molar-refractivity contribution in [1.29, 1.82) is 0 Å². The van der Waals surface area contributed by atoms with E-state index in [1.54, 1.807) is 6.92 Å². The van der Waals surface area contributed by atoms with Crippen molar-refractivity contribution >= 4 is 39.7 Å². The first kappa shape index (κ1) is 21.9. The topological polar surface area (TPSA) is 119 Å². The first-order chi connectivity index (χ1) is 15.6. The van der Waals surface area contributed by atoms with Crippen LogP contribution in [-0.4, -0.2) is 39.2 Å². The molecule has 13 heteroatoms. The molecule has 0 amide bonds. The molecule has 0 radical (unpaired) electrons. The SMILES string of the molecule is COc1cc2c(C)nc(Nc3nc4cccc(OC(=O)C(F)(F)F)c4c(=O)[nH]3)nc2cc1F. The third-order valence-electron chi connectivity index (χ3n) is 4.52. The second kappa shape index (κ2) is 8.00. The number of aryl methyl sites for hydroxylation is 1. The maximum absolute atomic E-state index is 14.1. The second-order valence-electron chi connectivity index (χ2n) is 6.71. The van der Waals surface area contributed by atoms with Gasteiger partial charge in [0.2, 0.25) is 11.9 Å². The van der Waals surface area contributed by atoms with Crippen LogP contribution in [0.1, 0.15) is 5.69 Å². The number of halogens is 4. The summed E-state index contributed by atoms with van der Waals surface area (Å²) in [5.41, 5.74) is -0.193. The molecule has 0 aliphatic rings. The molecule has 2 aromatic heterocycles. The summed E-state index contributed by atoms with van der Waals surface area (Å²) >= 11 is 0. The van der Waals surface area contributed by atoms with Crippen molar-refractivity contribution in [3.05, 3.63) is 52.2 Å². The molecule has 0 bridgehead atoms. The minimum absolute atomic E-state index is 0.0216. The van der Waals surface area contributed by atoms with Crippen LogP contribution in [0.5, 0.6) is 11.5 Å². The number of esters is 1. The Morgan fingerprint density at radius 3 is 2.55 bits per heavy atom. The van der Waals surface area contributed by atoms with Gasteiger partial charge >= 0.3 is 12.1 Å². The van der Waals surface area contributed by atoms with E-state index in [4.69, 9.17) is 4.74 Å². The number of ether oxygens (including phenoxy) is 2. The fourth-order valence-corrected chi connectivity index (χ4v) is 3.06. The highest BCUT2D eigenvalue weighted by Crippen LogP contribution is 2.28. The number of carbonyl (C=O) groups excluding carboxylic acids is 1. The van der Waals surface area contributed by atoms with E-state index in [9.17, 15) is 27.2 Å². The van der Waals surface area contributed by atoms with Gasteiger partial charge in [-0.05, 0) is 25.1 Å². The number of carbonyl (C=O) groups is 1. The van der Waals surface area contributed by atoms with E-state index in [1.807, 2.05) is 0 Å². The summed E-state index contributed by atoms with van der Waals surface area (Å²) < 4.78 is 60.9. The molecule has 2 heterocycles. The Labute approximate surface area is 181 Å². The molecule has 0 atom stereocenters. The molecule has 4 aromatic rings. The summed E-state index contributed by atoms with van der Waals surface area (Å²) in [7, 11) is 1.33. The summed E-state index contributed by atoms with van der Waals surface area (Å²) in [6.07, 6.45) is -5.24. The molecule has 0 saturated carbocycles. The van der Waals surface area contributed by atoms with Crippen LogP contribution in [0.25, 0.3) is 21.8 Å². The Morgan fingerprint density at radius 1 is 1.09 bits per heavy atom. The normalized spacial score (nSPS) is 11.6. The molecule has 0 unspecified atom stereocenters. The van der Waals surface area contributed by atoms with Gasteiger partial charge in [-0.15, -0.1) is 0 Å². The molecular weight excluding hydrogens is 450 g/mol. The summed E-state index contributed by atoms with van der Waals surface area (Å²) in [6.45, 7) is 1.66. The molecule has 0 aliphatic carbocycles. The van der Waals surface area contributed by atoms with Gasteiger partial charge in [0.15, 0.2) is 11.6 Å². The number of hydrogen-bond acceptors (Lipinski definition) is 8. The van der Waals surface area contributed by atoms with Crippen molar-refractivity contribution in [3.63, 3.8) is 0 Å². The molecule has 9 nitrogen and oxygen atoms in total. The van der Waals surface area contributed by atoms with Crippen LogP contribution < -0.4 is 20.3 Å². The number of nitrogens with one attached hydrogen (secondary N) is 2. The average Bonchev–Trinajstić information content (AvgIpc) is 2.72. The number of alkyl halides is 3. The molecule has 170 valence electrons. The van der Waals surface area contributed by atoms with Gasteiger partial charge in [0, 0.05) is 11.5 Å². The first-order valence-electron chi connectivity index (χ1n) is 9.18. The van der Waals surface area contributed by atoms with Crippen molar-refractivity contribution in [2.75, 3.05) is 12.4 Å². The van der Waals surface area contributed by atoms with Crippen molar-refractivity contribution < 1.29 is 31.8 Å². The summed E-state index contributed by atoms with van der Waals surface area (Å²) in [6, 6.07) is 6.25. The lowest BCUT2D eigenvalue weighted by atomic mass is 10.2. The summed E-state index contributed by atoms with van der Waals surface area (Å²) in [5, 5.41) is 2.85. The largest absolute Gasteiger partial charge is 0.494 e. The standard InChI is InChI=1S/C20H13F4N5O4/c1-8-9-6-14(32-2)10(21)7-12(9)27-18(25-8)29-19-26-11-4-3-5-13(15(11)16(30)28-19)33-17(31)20(22,23)24/h3-7H,1-2H3,(H2,25,26,27,28,29,30). The molecule has 0 saturated heterocycles. The van der Waals surface area contributed by atoms with Crippen molar-refractivity contribution in [3.8, 4) is 11.5 Å². The lowest BCUT2D eigenvalue weighted by Crippen LogP contribution is -2.28. The number of aromatic amines is 1. The number of rotatable bonds is 4. The zero-order chi connectivity index (χ0) is 23.9. The molecule has 4 rings (SSSR count). The molecule has 2 N–H and O–H groups in total. The van der Waals surface area contributed by atoms with Crippen molar-refractivity contribution in [2.24, 2.45) is 0 Å². The smallest absolute Gasteiger partial charge is 0.491 e. The van der Waals surface area contributed by atoms with E-state index in [0.717, 1.165) is 12.1 Å². The first-order valence-corrected chi connectivity index (χ1v) is 9.18. The number of aromatic nitrogens is 4. The zero-order valence-electron chi connectivity index (χ0n) is 16.9. The summed E-state index contributed by atoms with van der Waals surface area (Å²) in [5.74, 6) is -3.84. The van der Waals surface area contributed by atoms with Gasteiger partial charge in [-0.25, -0.2) is 24.1 Å². The van der Waals surface area contributed by atoms with Gasteiger partial charge in [-0.2, -0.15) is 13.2 Å². The number of anilines is 2. The number of H-pyrrole nitrogens is 1. The minimum Gasteiger partial charge on any atom is -0.494 e. The highest BCUT2D eigenvalue weighted by atomic mass is 19.4. The molecule has 0 fully saturated rings. The van der Waals surface area contributed by atoms with Gasteiger partial charge < -0.3 is 9.47 Å². The second-order valence-corrected chi connectivity index (χ2v) is 6.71. The maximum atomic E-state index is 14.1. The quantitative estimate of drug-likeness (QED) is 0.268. The molecule has 33 heavy (non-hydrogen) atoms. The Balaban J connectivity index is 1.72. The fraction of sp³-hybridized carbons (Fsp3) is 0.150. The lowest BCUT2D eigenvalue weighted by Gasteiger charge is -2.11. The molecule has 2 aromatic carbocycles. The Bertz CT molecular complexity index is 1470. The predicted molar refractivity (Wildman–Crippen MR) is 108 cm³/mol. The van der Waals surface area contributed by atoms with Gasteiger partial charge in [-0.3, -0.25) is 15.1 Å². The Hall–Kier alpha value is -4.29. The van der Waals surface area contributed by atoms with Gasteiger partial charge in [0.1, 0.15) is 11.1 Å². The van der Waals surface area contributed by atoms with E-state index < -0.39 is 29.3 Å². The third kappa shape index (κ3) is 4.24. The van der Waals surface area contributed by atoms with Crippen LogP contribution >= 0.6 is 0 Å². The van der Waals surface area contributed by atoms with Crippen LogP contribution in [0, 0.1) is 12.7 Å². The number of hydrogen-bond donors (Lipinski definition) is 2. The van der Waals surface area contributed by atoms with Gasteiger partial charge in [-0.1, -0.05) is 6.07 Å². The van der Waals surface area contributed by atoms with Crippen LogP contribution in [0.3, 0.4) is 0 Å². The lowest BCUT2D eigenvalue weighted by molar-refractivity contribution is -0.189. The number of nitrogens with zero attached hydrogens (tertiary/aromatic N) is 3. The van der Waals surface area contributed by atoms with E-state index in [-0.39, 0.29) is 34.1 Å². The van der Waals surface area contributed by atoms with E-state index in [2.05, 4.69) is 30.0 Å². The highest BCUT2D eigenvalue weighted by Gasteiger charge is 2.41. The number of methoxy groups -OCH3 is 1. The molecule has 0 spiro atoms. The number of fused-ring (bicyclic) bond motifs is 2. The Morgan fingerprint density at radius 2 is 1.85 bits per heavy atom. The van der Waals surface area contributed by atoms with Crippen LogP contribution in [0.15, 0.2) is 35.1 Å². The van der Waals surface area contributed by atoms with E-state index in [1.165, 1.54) is 25.3 Å². The van der Waals surface area contributed by atoms with Crippen molar-refractivity contribution in [1.82, 2.24) is 19.9 Å². The summed E-state index contributed by atoms with van der Waals surface area (Å²) in [4.78, 5) is 38.5. The third-order valence-corrected chi connectivity index (χ3v) is 4.52. The maximum Gasteiger partial charge on any atom is 0.491 e. The number of benzene rings is 2. The van der Waals surface area contributed by atoms with Crippen LogP contribution in [0.4, 0.5) is 29.5 Å². The van der Waals surface area contributed by atoms with Gasteiger partial charge in [0.05, 0.1) is 23.8 Å². The monoisotopic (exact) mass is 463 g/mol. The van der Waals surface area contributed by atoms with Gasteiger partial charge in [0.25, 0.3) is 5.56 Å². The fourth-order valence-electron chi connectivity index (χ4n) is 3.06. The van der Waals surface area contributed by atoms with Crippen LogP contribution in [-0.2, 0) is 4.79 Å². The molecule has 0 aliphatic heterocycles. The minimum atomic E-state index is -5.24. The average molecular weight is 463 g/mol. The highest BCUT2D eigenvalue weighted by molar-refractivity contribution is 5.89. The predicted octanol–water partition coefficient (Wildman–Crippen LogP) is 3.53. The molecular formula is C20H13F4N5O4. The van der Waals surface area contributed by atoms with E-state index >= 15 is 0 Å². The van der Waals surface area contributed by atoms with Crippen molar-refractivity contribution in [2.45, 2.75) is 13.1 Å². The Kier molecular flexibility index (Phi) is 5.31.